The zero-order chi connectivity index (χ0) is 19.2. The Morgan fingerprint density at radius 3 is 2.19 bits per heavy atom. The number of aryl methyl sites for hydroxylation is 1. The number of rotatable bonds is 6. The highest BCUT2D eigenvalue weighted by molar-refractivity contribution is 14.0. The lowest BCUT2D eigenvalue weighted by Gasteiger charge is -2.10. The van der Waals surface area contributed by atoms with Crippen molar-refractivity contribution in [2.75, 3.05) is 11.9 Å². The number of nitrogens with zero attached hydrogens (tertiary/aromatic N) is 1. The van der Waals surface area contributed by atoms with Crippen molar-refractivity contribution >= 4 is 35.6 Å². The molecule has 2 rings (SSSR count). The van der Waals surface area contributed by atoms with E-state index in [1.165, 1.54) is 24.3 Å². The summed E-state index contributed by atoms with van der Waals surface area (Å²) in [4.78, 5) is 4.05. The number of guanidine groups is 1. The third-order valence-electron chi connectivity index (χ3n) is 3.19. The van der Waals surface area contributed by atoms with Gasteiger partial charge in [-0.2, -0.15) is 0 Å². The van der Waals surface area contributed by atoms with E-state index >= 15 is 0 Å². The van der Waals surface area contributed by atoms with E-state index in [4.69, 9.17) is 5.73 Å². The number of alkyl halides is 3. The van der Waals surface area contributed by atoms with Crippen LogP contribution in [0.3, 0.4) is 0 Å². The number of nitrogens with one attached hydrogen (secondary N) is 1. The average Bonchev–Trinajstić information content (AvgIpc) is 2.51. The topological polar surface area (TPSA) is 59.6 Å². The lowest BCUT2D eigenvalue weighted by atomic mass is 10.1. The molecule has 0 aromatic heterocycles. The summed E-state index contributed by atoms with van der Waals surface area (Å²) in [5.74, 6) is -1.55. The maximum absolute atomic E-state index is 13.1. The Labute approximate surface area is 169 Å². The summed E-state index contributed by atoms with van der Waals surface area (Å²) >= 11 is 0. The van der Waals surface area contributed by atoms with E-state index < -0.39 is 18.0 Å². The molecule has 0 aliphatic rings. The molecule has 0 saturated heterocycles. The molecule has 2 aromatic carbocycles. The molecule has 0 radical (unpaired) electrons. The standard InChI is InChI=1S/C17H16F5N3O.HI/c18-12-8-11(9-13(19)10-12)2-1-7-24-16(23)25-14-3-5-15(6-4-14)26-17(20,21)22;/h3-6,8-10H,1-2,7H2,(H3,23,24,25);1H. The van der Waals surface area contributed by atoms with Crippen molar-refractivity contribution in [2.45, 2.75) is 19.2 Å². The van der Waals surface area contributed by atoms with Gasteiger partial charge in [-0.15, -0.1) is 37.1 Å². The van der Waals surface area contributed by atoms with Crippen LogP contribution in [0.1, 0.15) is 12.0 Å². The summed E-state index contributed by atoms with van der Waals surface area (Å²) in [6.45, 7) is 0.312. The van der Waals surface area contributed by atoms with Crippen LogP contribution in [0.2, 0.25) is 0 Å². The highest BCUT2D eigenvalue weighted by Gasteiger charge is 2.30. The Morgan fingerprint density at radius 2 is 1.63 bits per heavy atom. The molecule has 0 unspecified atom stereocenters. The van der Waals surface area contributed by atoms with Gasteiger partial charge in [0.1, 0.15) is 17.4 Å². The fourth-order valence-corrected chi connectivity index (χ4v) is 2.17. The van der Waals surface area contributed by atoms with E-state index in [1.54, 1.807) is 0 Å². The zero-order valence-corrected chi connectivity index (χ0v) is 16.2. The number of halogens is 6. The van der Waals surface area contributed by atoms with Gasteiger partial charge >= 0.3 is 6.36 Å². The maximum atomic E-state index is 13.1. The van der Waals surface area contributed by atoms with Crippen LogP contribution in [0.4, 0.5) is 27.6 Å². The molecule has 0 heterocycles. The van der Waals surface area contributed by atoms with Crippen LogP contribution in [0.25, 0.3) is 0 Å². The van der Waals surface area contributed by atoms with Gasteiger partial charge in [0.25, 0.3) is 0 Å². The van der Waals surface area contributed by atoms with E-state index in [2.05, 4.69) is 15.0 Å². The predicted octanol–water partition coefficient (Wildman–Crippen LogP) is 4.84. The second kappa shape index (κ2) is 10.3. The minimum Gasteiger partial charge on any atom is -0.406 e. The van der Waals surface area contributed by atoms with Crippen LogP contribution in [0.5, 0.6) is 5.75 Å². The third-order valence-corrected chi connectivity index (χ3v) is 3.19. The Morgan fingerprint density at radius 1 is 1.04 bits per heavy atom. The summed E-state index contributed by atoms with van der Waals surface area (Å²) in [6.07, 6.45) is -3.81. The minimum atomic E-state index is -4.75. The van der Waals surface area contributed by atoms with Crippen LogP contribution < -0.4 is 15.8 Å². The number of ether oxygens (including phenoxy) is 1. The van der Waals surface area contributed by atoms with E-state index in [9.17, 15) is 22.0 Å². The van der Waals surface area contributed by atoms with Crippen molar-refractivity contribution in [3.8, 4) is 5.75 Å². The molecule has 148 valence electrons. The fourth-order valence-electron chi connectivity index (χ4n) is 2.17. The van der Waals surface area contributed by atoms with Crippen LogP contribution in [-0.2, 0) is 6.42 Å². The summed E-state index contributed by atoms with van der Waals surface area (Å²) in [5.41, 5.74) is 6.64. The average molecular weight is 501 g/mol. The molecule has 0 atom stereocenters. The number of aliphatic imine (C=N–C) groups is 1. The van der Waals surface area contributed by atoms with Crippen molar-refractivity contribution in [2.24, 2.45) is 10.7 Å². The van der Waals surface area contributed by atoms with Crippen LogP contribution >= 0.6 is 24.0 Å². The summed E-state index contributed by atoms with van der Waals surface area (Å²) in [5, 5.41) is 2.72. The lowest BCUT2D eigenvalue weighted by Crippen LogP contribution is -2.23. The number of benzene rings is 2. The van der Waals surface area contributed by atoms with Crippen LogP contribution in [0.15, 0.2) is 47.5 Å². The molecule has 0 bridgehead atoms. The summed E-state index contributed by atoms with van der Waals surface area (Å²) in [6, 6.07) is 8.30. The first-order valence-electron chi connectivity index (χ1n) is 7.59. The van der Waals surface area contributed by atoms with Gasteiger partial charge in [0.2, 0.25) is 0 Å². The van der Waals surface area contributed by atoms with Crippen molar-refractivity contribution in [3.63, 3.8) is 0 Å². The van der Waals surface area contributed by atoms with Gasteiger partial charge < -0.3 is 15.8 Å². The van der Waals surface area contributed by atoms with Gasteiger partial charge in [-0.3, -0.25) is 4.99 Å². The van der Waals surface area contributed by atoms with E-state index in [0.29, 0.717) is 30.6 Å². The molecule has 2 aromatic rings. The molecule has 0 spiro atoms. The normalized spacial score (nSPS) is 11.7. The predicted molar refractivity (Wildman–Crippen MR) is 103 cm³/mol. The fraction of sp³-hybridized carbons (Fsp3) is 0.235. The molecule has 10 heteroatoms. The van der Waals surface area contributed by atoms with E-state index in [-0.39, 0.29) is 35.7 Å². The Bertz CT molecular complexity index is 746. The van der Waals surface area contributed by atoms with Gasteiger partial charge in [0.15, 0.2) is 5.96 Å². The van der Waals surface area contributed by atoms with Crippen LogP contribution in [-0.4, -0.2) is 18.9 Å². The van der Waals surface area contributed by atoms with Gasteiger partial charge in [-0.05, 0) is 54.8 Å². The molecule has 3 N–H and O–H groups in total. The molecular formula is C17H17F5IN3O. The Hall–Kier alpha value is -2.11. The smallest absolute Gasteiger partial charge is 0.406 e. The summed E-state index contributed by atoms with van der Waals surface area (Å²) in [7, 11) is 0. The highest BCUT2D eigenvalue weighted by Crippen LogP contribution is 2.23. The van der Waals surface area contributed by atoms with Crippen molar-refractivity contribution in [1.82, 2.24) is 0 Å². The zero-order valence-electron chi connectivity index (χ0n) is 13.9. The lowest BCUT2D eigenvalue weighted by molar-refractivity contribution is -0.274. The largest absolute Gasteiger partial charge is 0.573 e. The number of hydrogen-bond acceptors (Lipinski definition) is 2. The minimum absolute atomic E-state index is 0. The van der Waals surface area contributed by atoms with E-state index in [1.807, 2.05) is 0 Å². The Kier molecular flexibility index (Phi) is 8.73. The van der Waals surface area contributed by atoms with E-state index in [0.717, 1.165) is 18.2 Å². The maximum Gasteiger partial charge on any atom is 0.573 e. The van der Waals surface area contributed by atoms with Crippen molar-refractivity contribution in [3.05, 3.63) is 59.7 Å². The van der Waals surface area contributed by atoms with Crippen molar-refractivity contribution < 1.29 is 26.7 Å². The van der Waals surface area contributed by atoms with Gasteiger partial charge in [0.05, 0.1) is 0 Å². The monoisotopic (exact) mass is 501 g/mol. The number of anilines is 1. The molecule has 0 aliphatic heterocycles. The second-order valence-corrected chi connectivity index (χ2v) is 5.35. The second-order valence-electron chi connectivity index (χ2n) is 5.35. The highest BCUT2D eigenvalue weighted by atomic mass is 127. The number of hydrogen-bond donors (Lipinski definition) is 2. The van der Waals surface area contributed by atoms with Gasteiger partial charge in [0, 0.05) is 18.3 Å². The van der Waals surface area contributed by atoms with Crippen LogP contribution in [0, 0.1) is 11.6 Å². The Balaban J connectivity index is 0.00000364. The third kappa shape index (κ3) is 8.89. The molecule has 0 aliphatic carbocycles. The first-order chi connectivity index (χ1) is 12.2. The molecule has 27 heavy (non-hydrogen) atoms. The molecule has 0 saturated carbocycles. The first kappa shape index (κ1) is 22.9. The first-order valence-corrected chi connectivity index (χ1v) is 7.59. The van der Waals surface area contributed by atoms with Crippen molar-refractivity contribution in [1.29, 1.82) is 0 Å². The SMILES string of the molecule is I.NC(=NCCCc1cc(F)cc(F)c1)Nc1ccc(OC(F)(F)F)cc1. The molecule has 0 fully saturated rings. The van der Waals surface area contributed by atoms with Gasteiger partial charge in [-0.1, -0.05) is 0 Å². The van der Waals surface area contributed by atoms with Gasteiger partial charge in [-0.25, -0.2) is 8.78 Å². The quantitative estimate of drug-likeness (QED) is 0.196. The molecular weight excluding hydrogens is 484 g/mol. The number of nitrogens with two attached hydrogens (primary N) is 1. The molecule has 4 nitrogen and oxygen atoms in total. The molecule has 0 amide bonds. The summed E-state index contributed by atoms with van der Waals surface area (Å²) < 4.78 is 66.1.